The first kappa shape index (κ1) is 9.57. The van der Waals surface area contributed by atoms with Crippen molar-refractivity contribution in [2.45, 2.75) is 12.5 Å². The molecule has 0 saturated heterocycles. The Morgan fingerprint density at radius 2 is 2.22 bits per heavy atom. The predicted molar refractivity (Wildman–Crippen MR) is 41.1 cm³/mol. The molecule has 0 radical (unpaired) electrons. The van der Waals surface area contributed by atoms with Gasteiger partial charge < -0.3 is 4.74 Å². The van der Waals surface area contributed by atoms with Crippen LogP contribution in [-0.2, 0) is 4.74 Å². The Labute approximate surface area is 69.5 Å². The maximum Gasteiger partial charge on any atom is 0.152 e. The number of hydrogen-bond donors (Lipinski definition) is 0. The highest BCUT2D eigenvalue weighted by Gasteiger charge is 1.97. The topological polar surface area (TPSA) is 9.23 Å². The fraction of sp³-hybridized carbons (Fsp3) is 0.600. The Bertz CT molecular complexity index is 98.4. The molecule has 1 atom stereocenters. The minimum Gasteiger partial charge on any atom is -0.359 e. The summed E-state index contributed by atoms with van der Waals surface area (Å²) in [5.41, 5.74) is -0.514. The number of rotatable bonds is 3. The molecule has 0 aliphatic heterocycles. The molecule has 0 heterocycles. The standard InChI is InChI=1S/C5H7Cl3O/c1-2-9-5(8)3-4(6)7/h3,5H,2H2,1H3/t5-/m0/s1. The average molecular weight is 189 g/mol. The number of halogens is 3. The summed E-state index contributed by atoms with van der Waals surface area (Å²) in [7, 11) is 0. The molecule has 9 heavy (non-hydrogen) atoms. The lowest BCUT2D eigenvalue weighted by Crippen LogP contribution is -1.99. The Kier molecular flexibility index (Phi) is 5.70. The van der Waals surface area contributed by atoms with Gasteiger partial charge in [0.1, 0.15) is 4.49 Å². The van der Waals surface area contributed by atoms with E-state index >= 15 is 0 Å². The Balaban J connectivity index is 3.49. The van der Waals surface area contributed by atoms with Gasteiger partial charge in [-0.3, -0.25) is 0 Å². The van der Waals surface area contributed by atoms with Gasteiger partial charge in [-0.25, -0.2) is 0 Å². The van der Waals surface area contributed by atoms with Gasteiger partial charge in [-0.05, 0) is 13.0 Å². The van der Waals surface area contributed by atoms with Crippen LogP contribution in [0.1, 0.15) is 6.92 Å². The van der Waals surface area contributed by atoms with Crippen molar-refractivity contribution in [3.63, 3.8) is 0 Å². The summed E-state index contributed by atoms with van der Waals surface area (Å²) in [6.45, 7) is 2.39. The van der Waals surface area contributed by atoms with E-state index in [0.29, 0.717) is 6.61 Å². The molecule has 0 amide bonds. The Morgan fingerprint density at radius 3 is 2.56 bits per heavy atom. The minimum atomic E-state index is -0.514. The molecule has 0 fully saturated rings. The maximum atomic E-state index is 5.51. The molecule has 0 aliphatic rings. The highest BCUT2D eigenvalue weighted by molar-refractivity contribution is 6.56. The summed E-state index contributed by atoms with van der Waals surface area (Å²) < 4.78 is 5.00. The second-order valence-electron chi connectivity index (χ2n) is 1.26. The lowest BCUT2D eigenvalue weighted by molar-refractivity contribution is 0.149. The van der Waals surface area contributed by atoms with Gasteiger partial charge in [0.2, 0.25) is 0 Å². The van der Waals surface area contributed by atoms with Crippen molar-refractivity contribution in [3.05, 3.63) is 10.6 Å². The summed E-state index contributed by atoms with van der Waals surface area (Å²) in [5, 5.41) is 0. The Hall–Kier alpha value is 0.570. The molecule has 0 N–H and O–H groups in total. The van der Waals surface area contributed by atoms with Gasteiger partial charge in [-0.2, -0.15) is 0 Å². The summed E-state index contributed by atoms with van der Waals surface area (Å²) in [5.74, 6) is 0. The first-order valence-corrected chi connectivity index (χ1v) is 3.64. The summed E-state index contributed by atoms with van der Waals surface area (Å²) in [6.07, 6.45) is 1.41. The lowest BCUT2D eigenvalue weighted by Gasteiger charge is -2.01. The number of hydrogen-bond acceptors (Lipinski definition) is 1. The maximum absolute atomic E-state index is 5.51. The Morgan fingerprint density at radius 1 is 1.67 bits per heavy atom. The van der Waals surface area contributed by atoms with Crippen molar-refractivity contribution in [1.29, 1.82) is 0 Å². The molecule has 0 saturated carbocycles. The molecule has 0 bridgehead atoms. The van der Waals surface area contributed by atoms with Gasteiger partial charge in [-0.15, -0.1) is 0 Å². The van der Waals surface area contributed by atoms with E-state index in [9.17, 15) is 0 Å². The molecule has 0 aromatic carbocycles. The number of alkyl halides is 1. The fourth-order valence-corrected chi connectivity index (χ4v) is 0.916. The van der Waals surface area contributed by atoms with E-state index in [1.807, 2.05) is 6.92 Å². The number of ether oxygens (including phenoxy) is 1. The van der Waals surface area contributed by atoms with Gasteiger partial charge in [-0.1, -0.05) is 34.8 Å². The zero-order chi connectivity index (χ0) is 7.28. The molecule has 0 aromatic rings. The molecule has 0 aliphatic carbocycles. The highest BCUT2D eigenvalue weighted by Crippen LogP contribution is 2.11. The van der Waals surface area contributed by atoms with Crippen LogP contribution < -0.4 is 0 Å². The smallest absolute Gasteiger partial charge is 0.152 e. The molecular formula is C5H7Cl3O. The molecule has 54 valence electrons. The van der Waals surface area contributed by atoms with Crippen LogP contribution in [0.25, 0.3) is 0 Å². The van der Waals surface area contributed by atoms with Gasteiger partial charge >= 0.3 is 0 Å². The second kappa shape index (κ2) is 5.36. The summed E-state index contributed by atoms with van der Waals surface area (Å²) in [6, 6.07) is 0. The quantitative estimate of drug-likeness (QED) is 0.620. The molecule has 1 nitrogen and oxygen atoms in total. The second-order valence-corrected chi connectivity index (χ2v) is 2.70. The van der Waals surface area contributed by atoms with Crippen LogP contribution in [-0.4, -0.2) is 12.2 Å². The lowest BCUT2D eigenvalue weighted by atomic mass is 10.7. The van der Waals surface area contributed by atoms with Gasteiger partial charge in [0.15, 0.2) is 5.56 Å². The monoisotopic (exact) mass is 188 g/mol. The highest BCUT2D eigenvalue weighted by atomic mass is 35.5. The predicted octanol–water partition coefficient (Wildman–Crippen LogP) is 2.91. The van der Waals surface area contributed by atoms with Crippen LogP contribution in [0, 0.1) is 0 Å². The molecule has 0 spiro atoms. The van der Waals surface area contributed by atoms with E-state index < -0.39 is 5.56 Å². The summed E-state index contributed by atoms with van der Waals surface area (Å²) >= 11 is 16.0. The molecule has 0 aromatic heterocycles. The van der Waals surface area contributed by atoms with Gasteiger partial charge in [0.25, 0.3) is 0 Å². The van der Waals surface area contributed by atoms with E-state index in [4.69, 9.17) is 39.5 Å². The van der Waals surface area contributed by atoms with Crippen LogP contribution in [0.2, 0.25) is 0 Å². The van der Waals surface area contributed by atoms with E-state index in [0.717, 1.165) is 0 Å². The third-order valence-corrected chi connectivity index (χ3v) is 1.09. The average Bonchev–Trinajstić information content (AvgIpc) is 1.63. The van der Waals surface area contributed by atoms with Crippen molar-refractivity contribution < 1.29 is 4.74 Å². The van der Waals surface area contributed by atoms with Crippen LogP contribution in [0.3, 0.4) is 0 Å². The SMILES string of the molecule is CCO[C@H](Cl)C=C(Cl)Cl. The third-order valence-electron chi connectivity index (χ3n) is 0.583. The first-order valence-electron chi connectivity index (χ1n) is 2.45. The largest absolute Gasteiger partial charge is 0.359 e. The van der Waals surface area contributed by atoms with E-state index in [1.165, 1.54) is 6.08 Å². The summed E-state index contributed by atoms with van der Waals surface area (Å²) in [4.78, 5) is 0. The van der Waals surface area contributed by atoms with E-state index in [2.05, 4.69) is 0 Å². The zero-order valence-corrected chi connectivity index (χ0v) is 7.17. The van der Waals surface area contributed by atoms with Gasteiger partial charge in [0, 0.05) is 6.61 Å². The van der Waals surface area contributed by atoms with Crippen molar-refractivity contribution in [1.82, 2.24) is 0 Å². The van der Waals surface area contributed by atoms with E-state index in [-0.39, 0.29) is 4.49 Å². The van der Waals surface area contributed by atoms with Crippen molar-refractivity contribution in [3.8, 4) is 0 Å². The third kappa shape index (κ3) is 6.46. The van der Waals surface area contributed by atoms with Crippen molar-refractivity contribution in [2.75, 3.05) is 6.61 Å². The van der Waals surface area contributed by atoms with Crippen LogP contribution in [0.15, 0.2) is 10.6 Å². The first-order chi connectivity index (χ1) is 4.16. The normalized spacial score (nSPS) is 12.9. The van der Waals surface area contributed by atoms with Crippen LogP contribution in [0.5, 0.6) is 0 Å². The van der Waals surface area contributed by atoms with Crippen molar-refractivity contribution >= 4 is 34.8 Å². The van der Waals surface area contributed by atoms with Crippen LogP contribution in [0.4, 0.5) is 0 Å². The van der Waals surface area contributed by atoms with Crippen LogP contribution >= 0.6 is 34.8 Å². The van der Waals surface area contributed by atoms with Crippen molar-refractivity contribution in [2.24, 2.45) is 0 Å². The molecule has 0 unspecified atom stereocenters. The molecular weight excluding hydrogens is 182 g/mol. The van der Waals surface area contributed by atoms with E-state index in [1.54, 1.807) is 0 Å². The molecule has 4 heteroatoms. The minimum absolute atomic E-state index is 0.128. The van der Waals surface area contributed by atoms with Gasteiger partial charge in [0.05, 0.1) is 0 Å². The fourth-order valence-electron chi connectivity index (χ4n) is 0.306. The zero-order valence-electron chi connectivity index (χ0n) is 4.90. The molecule has 0 rings (SSSR count).